The van der Waals surface area contributed by atoms with Crippen molar-refractivity contribution in [2.24, 2.45) is 10.9 Å². The molecule has 1 aromatic heterocycles. The van der Waals surface area contributed by atoms with Crippen LogP contribution in [0.5, 0.6) is 0 Å². The number of hydrogen-bond donors (Lipinski definition) is 2. The largest absolute Gasteiger partial charge is 0.367 e. The van der Waals surface area contributed by atoms with E-state index in [0.29, 0.717) is 5.56 Å². The molecule has 2 rings (SSSR count). The number of thiophene rings is 1. The number of guanidine groups is 1. The summed E-state index contributed by atoms with van der Waals surface area (Å²) in [4.78, 5) is 12.1. The lowest BCUT2D eigenvalue weighted by atomic mass is 10.0. The number of hydrogen-bond acceptors (Lipinski definition) is 6. The summed E-state index contributed by atoms with van der Waals surface area (Å²) in [6.45, 7) is 1.99. The normalized spacial score (nSPS) is 12.0. The van der Waals surface area contributed by atoms with Crippen LogP contribution >= 0.6 is 11.3 Å². The third-order valence-electron chi connectivity index (χ3n) is 2.80. The maximum Gasteiger partial charge on any atom is 0.325 e. The van der Waals surface area contributed by atoms with Gasteiger partial charge in [-0.05, 0) is 51.7 Å². The number of oxime groups is 1. The first-order valence-electron chi connectivity index (χ1n) is 6.43. The average molecular weight is 353 g/mol. The minimum atomic E-state index is -3.78. The van der Waals surface area contributed by atoms with Crippen LogP contribution in [0.3, 0.4) is 0 Å². The van der Waals surface area contributed by atoms with Gasteiger partial charge in [-0.3, -0.25) is 14.4 Å². The molecule has 0 saturated heterocycles. The number of carbonyl (C=O) groups is 1. The molecule has 0 spiro atoms. The Morgan fingerprint density at radius 2 is 2.09 bits per heavy atom. The van der Waals surface area contributed by atoms with Crippen LogP contribution in [0.4, 0.5) is 0 Å². The van der Waals surface area contributed by atoms with Crippen LogP contribution in [0, 0.1) is 6.92 Å². The maximum atomic E-state index is 12.1. The quantitative estimate of drug-likeness (QED) is 0.493. The van der Waals surface area contributed by atoms with Crippen LogP contribution in [-0.4, -0.2) is 26.5 Å². The van der Waals surface area contributed by atoms with E-state index in [9.17, 15) is 13.2 Å². The number of carbonyl (C=O) groups excluding carboxylic acids is 1. The van der Waals surface area contributed by atoms with Crippen LogP contribution in [0.15, 0.2) is 40.2 Å². The first kappa shape index (κ1) is 17.0. The molecule has 0 radical (unpaired) electrons. The van der Waals surface area contributed by atoms with E-state index in [1.165, 1.54) is 0 Å². The summed E-state index contributed by atoms with van der Waals surface area (Å²) < 4.78 is 25.8. The third-order valence-corrected chi connectivity index (χ3v) is 4.01. The van der Waals surface area contributed by atoms with Crippen molar-refractivity contribution in [3.05, 3.63) is 46.2 Å². The Labute approximate surface area is 137 Å². The fourth-order valence-electron chi connectivity index (χ4n) is 1.80. The van der Waals surface area contributed by atoms with E-state index in [-0.39, 0.29) is 0 Å². The number of aryl methyl sites for hydroxylation is 1. The third kappa shape index (κ3) is 4.80. The Balaban J connectivity index is 2.16. The molecule has 0 aliphatic heterocycles. The van der Waals surface area contributed by atoms with Crippen LogP contribution < -0.4 is 11.1 Å². The zero-order valence-electron chi connectivity index (χ0n) is 12.4. The molecular weight excluding hydrogens is 338 g/mol. The second kappa shape index (κ2) is 6.80. The van der Waals surface area contributed by atoms with Crippen molar-refractivity contribution in [3.63, 3.8) is 0 Å². The molecule has 7 nitrogen and oxygen atoms in total. The van der Waals surface area contributed by atoms with Gasteiger partial charge in [0.15, 0.2) is 0 Å². The second-order valence-electron chi connectivity index (χ2n) is 4.76. The van der Waals surface area contributed by atoms with Gasteiger partial charge in [-0.25, -0.2) is 0 Å². The van der Waals surface area contributed by atoms with Crippen molar-refractivity contribution in [2.45, 2.75) is 6.92 Å². The minimum Gasteiger partial charge on any atom is -0.367 e. The van der Waals surface area contributed by atoms with Crippen molar-refractivity contribution >= 4 is 33.3 Å². The number of rotatable bonds is 4. The fourth-order valence-corrected chi connectivity index (χ4v) is 2.88. The summed E-state index contributed by atoms with van der Waals surface area (Å²) in [6.07, 6.45) is 0.818. The Bertz CT molecular complexity index is 856. The molecule has 23 heavy (non-hydrogen) atoms. The van der Waals surface area contributed by atoms with Crippen LogP contribution in [0.1, 0.15) is 15.9 Å². The molecule has 0 atom stereocenters. The molecule has 0 saturated carbocycles. The van der Waals surface area contributed by atoms with Crippen molar-refractivity contribution in [1.82, 2.24) is 5.32 Å². The van der Waals surface area contributed by atoms with Gasteiger partial charge in [0.1, 0.15) is 0 Å². The summed E-state index contributed by atoms with van der Waals surface area (Å²) >= 11 is 1.58. The van der Waals surface area contributed by atoms with Gasteiger partial charge in [-0.2, -0.15) is 19.8 Å². The smallest absolute Gasteiger partial charge is 0.325 e. The highest BCUT2D eigenvalue weighted by Crippen LogP contribution is 2.27. The summed E-state index contributed by atoms with van der Waals surface area (Å²) in [5, 5.41) is 9.41. The standard InChI is InChI=1S/C14H15N3O4S2/c1-9-7-22-8-12(9)10-4-3-5-11(6-10)13(18)16-14(15)17-21-23(2,19)20/h3-8H,1-2H3,(H3,15,16,17,18). The molecule has 1 heterocycles. The molecule has 1 amide bonds. The molecule has 0 aliphatic carbocycles. The highest BCUT2D eigenvalue weighted by Gasteiger charge is 2.11. The molecule has 0 bridgehead atoms. The van der Waals surface area contributed by atoms with Gasteiger partial charge >= 0.3 is 10.1 Å². The van der Waals surface area contributed by atoms with Gasteiger partial charge < -0.3 is 5.73 Å². The summed E-state index contributed by atoms with van der Waals surface area (Å²) in [6, 6.07) is 6.98. The number of benzene rings is 1. The zero-order chi connectivity index (χ0) is 17.0. The van der Waals surface area contributed by atoms with Gasteiger partial charge in [-0.1, -0.05) is 12.1 Å². The van der Waals surface area contributed by atoms with E-state index in [2.05, 4.69) is 14.8 Å². The Morgan fingerprint density at radius 3 is 2.70 bits per heavy atom. The van der Waals surface area contributed by atoms with E-state index in [1.807, 2.05) is 23.8 Å². The van der Waals surface area contributed by atoms with Crippen molar-refractivity contribution in [1.29, 1.82) is 0 Å². The monoisotopic (exact) mass is 353 g/mol. The van der Waals surface area contributed by atoms with E-state index in [0.717, 1.165) is 22.9 Å². The Morgan fingerprint density at radius 1 is 1.35 bits per heavy atom. The molecule has 0 fully saturated rings. The molecule has 3 N–H and O–H groups in total. The summed E-state index contributed by atoms with van der Waals surface area (Å²) in [7, 11) is -3.78. The number of nitrogens with one attached hydrogen (secondary N) is 1. The fraction of sp³-hybridized carbons (Fsp3) is 0.143. The minimum absolute atomic E-state index is 0.366. The van der Waals surface area contributed by atoms with Gasteiger partial charge in [0.05, 0.1) is 6.26 Å². The van der Waals surface area contributed by atoms with Gasteiger partial charge in [0.2, 0.25) is 5.96 Å². The van der Waals surface area contributed by atoms with Crippen LogP contribution in [0.25, 0.3) is 11.1 Å². The highest BCUT2D eigenvalue weighted by molar-refractivity contribution is 7.85. The molecule has 0 aliphatic rings. The summed E-state index contributed by atoms with van der Waals surface area (Å²) in [5.41, 5.74) is 8.84. The van der Waals surface area contributed by atoms with Crippen LogP contribution in [-0.2, 0) is 14.4 Å². The van der Waals surface area contributed by atoms with Crippen molar-refractivity contribution in [2.75, 3.05) is 6.26 Å². The number of nitrogens with zero attached hydrogens (tertiary/aromatic N) is 1. The van der Waals surface area contributed by atoms with E-state index < -0.39 is 22.0 Å². The Hall–Kier alpha value is -2.39. The lowest BCUT2D eigenvalue weighted by molar-refractivity contribution is 0.0975. The van der Waals surface area contributed by atoms with Crippen molar-refractivity contribution < 1.29 is 17.5 Å². The second-order valence-corrected chi connectivity index (χ2v) is 7.06. The van der Waals surface area contributed by atoms with Gasteiger partial charge in [-0.15, -0.1) is 0 Å². The molecule has 2 aromatic rings. The SMILES string of the molecule is Cc1cscc1-c1cccc(C(=O)NC(N)=NOS(C)(=O)=O)c1. The van der Waals surface area contributed by atoms with Gasteiger partial charge in [0, 0.05) is 5.56 Å². The Kier molecular flexibility index (Phi) is 5.02. The first-order chi connectivity index (χ1) is 10.8. The molecular formula is C14H15N3O4S2. The molecule has 9 heteroatoms. The first-order valence-corrected chi connectivity index (χ1v) is 9.19. The topological polar surface area (TPSA) is 111 Å². The van der Waals surface area contributed by atoms with Gasteiger partial charge in [0.25, 0.3) is 5.91 Å². The van der Waals surface area contributed by atoms with E-state index in [1.54, 1.807) is 29.5 Å². The maximum absolute atomic E-state index is 12.1. The lowest BCUT2D eigenvalue weighted by Gasteiger charge is -2.06. The number of amides is 1. The van der Waals surface area contributed by atoms with E-state index in [4.69, 9.17) is 5.73 Å². The van der Waals surface area contributed by atoms with Crippen molar-refractivity contribution in [3.8, 4) is 11.1 Å². The zero-order valence-corrected chi connectivity index (χ0v) is 14.1. The predicted octanol–water partition coefficient (Wildman–Crippen LogP) is 1.66. The summed E-state index contributed by atoms with van der Waals surface area (Å²) in [5.74, 6) is -0.962. The molecule has 1 aromatic carbocycles. The predicted molar refractivity (Wildman–Crippen MR) is 89.5 cm³/mol. The molecule has 122 valence electrons. The average Bonchev–Trinajstić information content (AvgIpc) is 2.91. The molecule has 0 unspecified atom stereocenters. The highest BCUT2D eigenvalue weighted by atomic mass is 32.2. The van der Waals surface area contributed by atoms with E-state index >= 15 is 0 Å². The number of nitrogens with two attached hydrogens (primary N) is 1. The van der Waals surface area contributed by atoms with Crippen LogP contribution in [0.2, 0.25) is 0 Å². The lowest BCUT2D eigenvalue weighted by Crippen LogP contribution is -2.37.